The molecule has 0 spiro atoms. The third-order valence-electron chi connectivity index (χ3n) is 5.62. The molecule has 11 heteroatoms. The van der Waals surface area contributed by atoms with Crippen LogP contribution in [0.2, 0.25) is 0 Å². The lowest BCUT2D eigenvalue weighted by molar-refractivity contribution is -0.146. The molecular weight excluding hydrogens is 476 g/mol. The zero-order chi connectivity index (χ0) is 26.8. The molecule has 2 aromatic heterocycles. The van der Waals surface area contributed by atoms with E-state index >= 15 is 0 Å². The maximum atomic E-state index is 12.7. The van der Waals surface area contributed by atoms with Crippen LogP contribution in [0.5, 0.6) is 0 Å². The van der Waals surface area contributed by atoms with E-state index < -0.39 is 23.9 Å². The number of hydrogen-bond acceptors (Lipinski definition) is 10. The largest absolute Gasteiger partial charge is 0.466 e. The number of carbonyl (C=O) groups is 3. The first kappa shape index (κ1) is 27.3. The van der Waals surface area contributed by atoms with Crippen molar-refractivity contribution < 1.29 is 23.9 Å². The predicted octanol–water partition coefficient (Wildman–Crippen LogP) is 2.37. The minimum absolute atomic E-state index is 0.00304. The number of nitrogens with zero attached hydrogens (tertiary/aromatic N) is 3. The summed E-state index contributed by atoms with van der Waals surface area (Å²) in [5, 5.41) is 3.34. The monoisotopic (exact) mass is 508 g/mol. The summed E-state index contributed by atoms with van der Waals surface area (Å²) in [6.45, 7) is 3.80. The number of esters is 2. The normalized spacial score (nSPS) is 11.6. The van der Waals surface area contributed by atoms with E-state index in [1.54, 1.807) is 32.2 Å². The lowest BCUT2D eigenvalue weighted by atomic mass is 10.0. The third-order valence-corrected chi connectivity index (χ3v) is 5.62. The Morgan fingerprint density at radius 1 is 0.973 bits per heavy atom. The Kier molecular flexibility index (Phi) is 9.70. The Balaban J connectivity index is 1.55. The number of hydrogen-bond donors (Lipinski definition) is 3. The van der Waals surface area contributed by atoms with E-state index in [1.807, 2.05) is 18.2 Å². The molecule has 1 atom stereocenters. The van der Waals surface area contributed by atoms with Gasteiger partial charge in [-0.15, -0.1) is 0 Å². The number of nitrogens with two attached hydrogens (primary N) is 2. The number of nitrogens with one attached hydrogen (secondary N) is 1. The van der Waals surface area contributed by atoms with Gasteiger partial charge in [0.2, 0.25) is 5.95 Å². The smallest absolute Gasteiger partial charge is 0.328 e. The molecular formula is C26H32N6O5. The van der Waals surface area contributed by atoms with Gasteiger partial charge in [-0.25, -0.2) is 9.78 Å². The Morgan fingerprint density at radius 2 is 1.68 bits per heavy atom. The fraction of sp³-hybridized carbons (Fsp3) is 0.385. The van der Waals surface area contributed by atoms with Crippen LogP contribution in [0.4, 0.5) is 11.8 Å². The number of nitrogen functional groups attached to an aromatic ring is 2. The van der Waals surface area contributed by atoms with E-state index in [2.05, 4.69) is 20.3 Å². The van der Waals surface area contributed by atoms with Crippen molar-refractivity contribution in [2.75, 3.05) is 24.7 Å². The summed E-state index contributed by atoms with van der Waals surface area (Å²) >= 11 is 0. The SMILES string of the molecule is CCOC(=O)CC[C@H](NC(=O)c1ccc(CCCc2cnc3nc(N)nc(N)c3c2)cc1)C(=O)OCC. The van der Waals surface area contributed by atoms with Gasteiger partial charge in [0.15, 0.2) is 5.65 Å². The molecule has 0 aliphatic heterocycles. The Morgan fingerprint density at radius 3 is 2.38 bits per heavy atom. The van der Waals surface area contributed by atoms with Crippen molar-refractivity contribution in [3.63, 3.8) is 0 Å². The van der Waals surface area contributed by atoms with Crippen molar-refractivity contribution in [1.29, 1.82) is 0 Å². The molecule has 0 radical (unpaired) electrons. The Bertz CT molecular complexity index is 1250. The molecule has 3 aromatic rings. The molecule has 5 N–H and O–H groups in total. The van der Waals surface area contributed by atoms with Gasteiger partial charge in [0.1, 0.15) is 11.9 Å². The van der Waals surface area contributed by atoms with Crippen LogP contribution in [0.15, 0.2) is 36.5 Å². The first-order valence-electron chi connectivity index (χ1n) is 12.2. The lowest BCUT2D eigenvalue weighted by Crippen LogP contribution is -2.42. The summed E-state index contributed by atoms with van der Waals surface area (Å²) in [5.74, 6) is -1.04. The molecule has 3 rings (SSSR count). The van der Waals surface area contributed by atoms with Crippen LogP contribution in [-0.2, 0) is 31.9 Å². The van der Waals surface area contributed by atoms with Crippen molar-refractivity contribution >= 4 is 40.6 Å². The summed E-state index contributed by atoms with van der Waals surface area (Å²) in [4.78, 5) is 49.1. The van der Waals surface area contributed by atoms with Crippen LogP contribution >= 0.6 is 0 Å². The van der Waals surface area contributed by atoms with Crippen LogP contribution in [0.25, 0.3) is 11.0 Å². The molecule has 0 fully saturated rings. The van der Waals surface area contributed by atoms with E-state index in [9.17, 15) is 14.4 Å². The summed E-state index contributed by atoms with van der Waals surface area (Å²) < 4.78 is 9.94. The number of amides is 1. The number of ether oxygens (including phenoxy) is 2. The van der Waals surface area contributed by atoms with Crippen LogP contribution in [0.1, 0.15) is 54.6 Å². The molecule has 11 nitrogen and oxygen atoms in total. The number of aryl methyl sites for hydroxylation is 2. The molecule has 0 saturated carbocycles. The summed E-state index contributed by atoms with van der Waals surface area (Å²) in [6.07, 6.45) is 4.26. The van der Waals surface area contributed by atoms with Crippen LogP contribution < -0.4 is 16.8 Å². The van der Waals surface area contributed by atoms with Crippen molar-refractivity contribution in [3.05, 3.63) is 53.2 Å². The molecule has 37 heavy (non-hydrogen) atoms. The van der Waals surface area contributed by atoms with Gasteiger partial charge >= 0.3 is 11.9 Å². The van der Waals surface area contributed by atoms with Gasteiger partial charge in [0.25, 0.3) is 5.91 Å². The van der Waals surface area contributed by atoms with Gasteiger partial charge in [-0.05, 0) is 68.9 Å². The number of rotatable bonds is 12. The highest BCUT2D eigenvalue weighted by Crippen LogP contribution is 2.19. The molecule has 196 valence electrons. The average molecular weight is 509 g/mol. The molecule has 0 unspecified atom stereocenters. The van der Waals surface area contributed by atoms with Crippen LogP contribution in [0, 0.1) is 0 Å². The number of aromatic nitrogens is 3. The molecule has 0 saturated heterocycles. The van der Waals surface area contributed by atoms with Gasteiger partial charge in [-0.3, -0.25) is 9.59 Å². The minimum Gasteiger partial charge on any atom is -0.466 e. The van der Waals surface area contributed by atoms with E-state index in [-0.39, 0.29) is 32.0 Å². The first-order chi connectivity index (χ1) is 17.8. The maximum Gasteiger partial charge on any atom is 0.328 e. The second-order valence-electron chi connectivity index (χ2n) is 8.35. The predicted molar refractivity (Wildman–Crippen MR) is 138 cm³/mol. The fourth-order valence-corrected chi connectivity index (χ4v) is 3.78. The van der Waals surface area contributed by atoms with Gasteiger partial charge < -0.3 is 26.3 Å². The fourth-order valence-electron chi connectivity index (χ4n) is 3.78. The van der Waals surface area contributed by atoms with Gasteiger partial charge in [-0.2, -0.15) is 9.97 Å². The number of pyridine rings is 1. The molecule has 0 bridgehead atoms. The van der Waals surface area contributed by atoms with E-state index in [0.29, 0.717) is 22.4 Å². The maximum absolute atomic E-state index is 12.7. The van der Waals surface area contributed by atoms with E-state index in [1.165, 1.54) is 0 Å². The summed E-state index contributed by atoms with van der Waals surface area (Å²) in [7, 11) is 0. The molecule has 0 aliphatic rings. The van der Waals surface area contributed by atoms with E-state index in [4.69, 9.17) is 20.9 Å². The van der Waals surface area contributed by atoms with Crippen molar-refractivity contribution in [2.24, 2.45) is 0 Å². The number of anilines is 2. The van der Waals surface area contributed by atoms with Gasteiger partial charge in [-0.1, -0.05) is 12.1 Å². The van der Waals surface area contributed by atoms with Crippen LogP contribution in [-0.4, -0.2) is 52.1 Å². The lowest BCUT2D eigenvalue weighted by Gasteiger charge is -2.17. The van der Waals surface area contributed by atoms with Crippen LogP contribution in [0.3, 0.4) is 0 Å². The topological polar surface area (TPSA) is 172 Å². The number of fused-ring (bicyclic) bond motifs is 1. The van der Waals surface area contributed by atoms with Gasteiger partial charge in [0, 0.05) is 18.2 Å². The zero-order valence-electron chi connectivity index (χ0n) is 21.0. The Labute approximate surface area is 215 Å². The highest BCUT2D eigenvalue weighted by molar-refractivity contribution is 5.97. The van der Waals surface area contributed by atoms with Crippen molar-refractivity contribution in [3.8, 4) is 0 Å². The molecule has 1 amide bonds. The second-order valence-corrected chi connectivity index (χ2v) is 8.35. The average Bonchev–Trinajstić information content (AvgIpc) is 2.87. The minimum atomic E-state index is -0.942. The molecule has 2 heterocycles. The number of benzene rings is 1. The van der Waals surface area contributed by atoms with Gasteiger partial charge in [0.05, 0.1) is 18.6 Å². The third kappa shape index (κ3) is 7.86. The quantitative estimate of drug-likeness (QED) is 0.308. The Hall–Kier alpha value is -4.28. The summed E-state index contributed by atoms with van der Waals surface area (Å²) in [5.41, 5.74) is 14.5. The molecule has 1 aromatic carbocycles. The van der Waals surface area contributed by atoms with E-state index in [0.717, 1.165) is 30.4 Å². The highest BCUT2D eigenvalue weighted by Gasteiger charge is 2.24. The molecule has 0 aliphatic carbocycles. The van der Waals surface area contributed by atoms with Crippen molar-refractivity contribution in [1.82, 2.24) is 20.3 Å². The number of carbonyl (C=O) groups excluding carboxylic acids is 3. The highest BCUT2D eigenvalue weighted by atomic mass is 16.5. The zero-order valence-corrected chi connectivity index (χ0v) is 21.0. The second kappa shape index (κ2) is 13.1. The summed E-state index contributed by atoms with van der Waals surface area (Å²) in [6, 6.07) is 8.14. The first-order valence-corrected chi connectivity index (χ1v) is 12.2. The van der Waals surface area contributed by atoms with Crippen molar-refractivity contribution in [2.45, 2.75) is 52.0 Å². The standard InChI is InChI=1S/C26H32N6O5/c1-3-36-21(33)13-12-20(25(35)37-4-2)30-24(34)18-10-8-16(9-11-18)6-5-7-17-14-19-22(27)31-26(28)32-23(19)29-15-17/h8-11,14-15,20H,3-7,12-13H2,1-2H3,(H,30,34)(H4,27,28,29,31,32)/t20-/m0/s1.